The summed E-state index contributed by atoms with van der Waals surface area (Å²) in [5, 5.41) is 0.580. The molecule has 1 aromatic rings. The molecule has 17 heavy (non-hydrogen) atoms. The van der Waals surface area contributed by atoms with Crippen LogP contribution in [0.3, 0.4) is 0 Å². The number of rotatable bonds is 3. The quantitative estimate of drug-likeness (QED) is 0.903. The minimum absolute atomic E-state index is 0.309. The Labute approximate surface area is 107 Å². The van der Waals surface area contributed by atoms with Crippen LogP contribution in [-0.4, -0.2) is 14.2 Å². The minimum Gasteiger partial charge on any atom is -0.493 e. The molecule has 94 valence electrons. The lowest BCUT2D eigenvalue weighted by Crippen LogP contribution is -2.33. The summed E-state index contributed by atoms with van der Waals surface area (Å²) in [5.74, 6) is 1.21. The van der Waals surface area contributed by atoms with Gasteiger partial charge in [0.1, 0.15) is 0 Å². The molecule has 4 heteroatoms. The molecular formula is C13H18ClNO2. The van der Waals surface area contributed by atoms with Crippen molar-refractivity contribution in [3.63, 3.8) is 0 Å². The van der Waals surface area contributed by atoms with Crippen LogP contribution in [0.4, 0.5) is 0 Å². The lowest BCUT2D eigenvalue weighted by atomic mass is 9.89. The molecule has 0 spiro atoms. The minimum atomic E-state index is -0.309. The summed E-state index contributed by atoms with van der Waals surface area (Å²) in [6, 6.07) is 3.82. The Morgan fingerprint density at radius 1 is 1.18 bits per heavy atom. The second-order valence-corrected chi connectivity index (χ2v) is 4.90. The van der Waals surface area contributed by atoms with E-state index in [0.29, 0.717) is 16.5 Å². The van der Waals surface area contributed by atoms with Gasteiger partial charge in [0.2, 0.25) is 0 Å². The van der Waals surface area contributed by atoms with Gasteiger partial charge in [-0.2, -0.15) is 0 Å². The first-order chi connectivity index (χ1) is 8.12. The summed E-state index contributed by atoms with van der Waals surface area (Å²) < 4.78 is 10.5. The van der Waals surface area contributed by atoms with Crippen LogP contribution in [0.5, 0.6) is 11.5 Å². The lowest BCUT2D eigenvalue weighted by molar-refractivity contribution is 0.352. The molecule has 0 heterocycles. The molecular weight excluding hydrogens is 238 g/mol. The number of hydrogen-bond acceptors (Lipinski definition) is 3. The highest BCUT2D eigenvalue weighted by Gasteiger charge is 2.34. The largest absolute Gasteiger partial charge is 0.493 e. The number of benzene rings is 1. The van der Waals surface area contributed by atoms with E-state index in [-0.39, 0.29) is 5.54 Å². The molecule has 0 aliphatic heterocycles. The number of methoxy groups -OCH3 is 2. The van der Waals surface area contributed by atoms with Gasteiger partial charge in [-0.25, -0.2) is 0 Å². The molecule has 1 aliphatic rings. The summed E-state index contributed by atoms with van der Waals surface area (Å²) in [5.41, 5.74) is 7.07. The molecule has 1 aliphatic carbocycles. The molecule has 0 aromatic heterocycles. The molecule has 1 fully saturated rings. The molecule has 0 bridgehead atoms. The molecule has 0 atom stereocenters. The third-order valence-corrected chi connectivity index (χ3v) is 3.89. The predicted molar refractivity (Wildman–Crippen MR) is 68.9 cm³/mol. The third-order valence-electron chi connectivity index (χ3n) is 3.52. The van der Waals surface area contributed by atoms with E-state index in [9.17, 15) is 0 Å². The van der Waals surface area contributed by atoms with Gasteiger partial charge in [-0.3, -0.25) is 0 Å². The normalized spacial score (nSPS) is 18.1. The third kappa shape index (κ3) is 2.09. The van der Waals surface area contributed by atoms with Crippen molar-refractivity contribution in [1.82, 2.24) is 0 Å². The number of ether oxygens (including phenoxy) is 2. The number of hydrogen-bond donors (Lipinski definition) is 1. The van der Waals surface area contributed by atoms with Crippen molar-refractivity contribution in [3.05, 3.63) is 22.7 Å². The van der Waals surface area contributed by atoms with E-state index >= 15 is 0 Å². The van der Waals surface area contributed by atoms with Crippen LogP contribution in [0.1, 0.15) is 31.2 Å². The van der Waals surface area contributed by atoms with Crippen LogP contribution in [0.25, 0.3) is 0 Å². The van der Waals surface area contributed by atoms with Gasteiger partial charge in [0.25, 0.3) is 0 Å². The van der Waals surface area contributed by atoms with Gasteiger partial charge in [-0.05, 0) is 24.5 Å². The topological polar surface area (TPSA) is 44.5 Å². The van der Waals surface area contributed by atoms with E-state index in [1.54, 1.807) is 14.2 Å². The van der Waals surface area contributed by atoms with Gasteiger partial charge < -0.3 is 15.2 Å². The van der Waals surface area contributed by atoms with Crippen molar-refractivity contribution in [1.29, 1.82) is 0 Å². The van der Waals surface area contributed by atoms with Crippen molar-refractivity contribution in [2.24, 2.45) is 5.73 Å². The molecule has 2 rings (SSSR count). The Bertz CT molecular complexity index is 414. The maximum absolute atomic E-state index is 6.42. The molecule has 0 amide bonds. The average molecular weight is 256 g/mol. The van der Waals surface area contributed by atoms with Crippen LogP contribution < -0.4 is 15.2 Å². The Balaban J connectivity index is 2.49. The Kier molecular flexibility index (Phi) is 3.50. The monoisotopic (exact) mass is 255 g/mol. The van der Waals surface area contributed by atoms with Gasteiger partial charge in [0.15, 0.2) is 11.5 Å². The predicted octanol–water partition coefficient (Wildman–Crippen LogP) is 3.09. The highest BCUT2D eigenvalue weighted by atomic mass is 35.5. The molecule has 1 saturated carbocycles. The SMILES string of the molecule is COc1ccc(C2(N)CCCC2)c(Cl)c1OC. The summed E-state index contributed by atoms with van der Waals surface area (Å²) >= 11 is 6.38. The van der Waals surface area contributed by atoms with Crippen LogP contribution in [0, 0.1) is 0 Å². The van der Waals surface area contributed by atoms with E-state index < -0.39 is 0 Å². The van der Waals surface area contributed by atoms with Gasteiger partial charge >= 0.3 is 0 Å². The van der Waals surface area contributed by atoms with E-state index in [1.165, 1.54) is 0 Å². The fraction of sp³-hybridized carbons (Fsp3) is 0.538. The zero-order chi connectivity index (χ0) is 12.5. The van der Waals surface area contributed by atoms with Crippen molar-refractivity contribution in [2.45, 2.75) is 31.2 Å². The zero-order valence-corrected chi connectivity index (χ0v) is 11.0. The Morgan fingerprint density at radius 2 is 1.82 bits per heavy atom. The van der Waals surface area contributed by atoms with Gasteiger partial charge in [-0.15, -0.1) is 0 Å². The van der Waals surface area contributed by atoms with E-state index in [2.05, 4.69) is 0 Å². The first kappa shape index (κ1) is 12.5. The smallest absolute Gasteiger partial charge is 0.179 e. The molecule has 2 N–H and O–H groups in total. The fourth-order valence-corrected chi connectivity index (χ4v) is 2.97. The van der Waals surface area contributed by atoms with Crippen molar-refractivity contribution < 1.29 is 9.47 Å². The second-order valence-electron chi connectivity index (χ2n) is 4.53. The molecule has 0 saturated heterocycles. The van der Waals surface area contributed by atoms with E-state index in [1.807, 2.05) is 12.1 Å². The molecule has 0 radical (unpaired) electrons. The highest BCUT2D eigenvalue weighted by Crippen LogP contribution is 2.45. The average Bonchev–Trinajstić information content (AvgIpc) is 2.76. The first-order valence-corrected chi connectivity index (χ1v) is 6.20. The summed E-state index contributed by atoms with van der Waals surface area (Å²) in [6.45, 7) is 0. The van der Waals surface area contributed by atoms with Gasteiger partial charge in [0.05, 0.1) is 19.2 Å². The molecule has 3 nitrogen and oxygen atoms in total. The van der Waals surface area contributed by atoms with Crippen molar-refractivity contribution >= 4 is 11.6 Å². The second kappa shape index (κ2) is 4.75. The maximum atomic E-state index is 6.42. The van der Waals surface area contributed by atoms with Crippen LogP contribution in [-0.2, 0) is 5.54 Å². The summed E-state index contributed by atoms with van der Waals surface area (Å²) in [6.07, 6.45) is 4.26. The van der Waals surface area contributed by atoms with Gasteiger partial charge in [0, 0.05) is 5.54 Å². The lowest BCUT2D eigenvalue weighted by Gasteiger charge is -2.26. The van der Waals surface area contributed by atoms with Crippen LogP contribution >= 0.6 is 11.6 Å². The maximum Gasteiger partial charge on any atom is 0.179 e. The standard InChI is InChI=1S/C13H18ClNO2/c1-16-10-6-5-9(11(14)12(10)17-2)13(15)7-3-4-8-13/h5-6H,3-4,7-8,15H2,1-2H3. The molecule has 1 aromatic carbocycles. The summed E-state index contributed by atoms with van der Waals surface area (Å²) in [4.78, 5) is 0. The highest BCUT2D eigenvalue weighted by molar-refractivity contribution is 6.33. The fourth-order valence-electron chi connectivity index (χ4n) is 2.55. The van der Waals surface area contributed by atoms with Crippen molar-refractivity contribution in [2.75, 3.05) is 14.2 Å². The zero-order valence-electron chi connectivity index (χ0n) is 10.3. The Morgan fingerprint density at radius 3 is 2.35 bits per heavy atom. The Hall–Kier alpha value is -0.930. The first-order valence-electron chi connectivity index (χ1n) is 5.82. The van der Waals surface area contributed by atoms with Gasteiger partial charge in [-0.1, -0.05) is 30.5 Å². The number of nitrogens with two attached hydrogens (primary N) is 1. The van der Waals surface area contributed by atoms with E-state index in [4.69, 9.17) is 26.8 Å². The van der Waals surface area contributed by atoms with Crippen LogP contribution in [0.15, 0.2) is 12.1 Å². The molecule has 0 unspecified atom stereocenters. The summed E-state index contributed by atoms with van der Waals surface area (Å²) in [7, 11) is 3.19. The number of halogens is 1. The van der Waals surface area contributed by atoms with Crippen LogP contribution in [0.2, 0.25) is 5.02 Å². The van der Waals surface area contributed by atoms with E-state index in [0.717, 1.165) is 31.2 Å². The van der Waals surface area contributed by atoms with Crippen molar-refractivity contribution in [3.8, 4) is 11.5 Å².